The van der Waals surface area contributed by atoms with Gasteiger partial charge in [-0.2, -0.15) is 5.10 Å². The largest absolute Gasteiger partial charge is 0.396 e. The molecule has 0 spiro atoms. The van der Waals surface area contributed by atoms with E-state index in [4.69, 9.17) is 5.73 Å². The molecule has 2 aromatic heterocycles. The third-order valence-electron chi connectivity index (χ3n) is 2.73. The van der Waals surface area contributed by atoms with E-state index in [1.54, 1.807) is 13.1 Å². The second-order valence-electron chi connectivity index (χ2n) is 4.24. The van der Waals surface area contributed by atoms with E-state index in [-0.39, 0.29) is 5.70 Å². The van der Waals surface area contributed by atoms with Gasteiger partial charge in [-0.3, -0.25) is 5.10 Å². The van der Waals surface area contributed by atoms with E-state index in [0.717, 1.165) is 10.9 Å². The maximum atomic E-state index is 13.3. The highest BCUT2D eigenvalue weighted by atomic mass is 19.1. The lowest BCUT2D eigenvalue weighted by Crippen LogP contribution is -1.98. The Labute approximate surface area is 110 Å². The van der Waals surface area contributed by atoms with Crippen LogP contribution in [-0.4, -0.2) is 15.2 Å². The predicted octanol–water partition coefficient (Wildman–Crippen LogP) is 3.00. The first-order valence-electron chi connectivity index (χ1n) is 5.82. The topological polar surface area (TPSA) is 67.6 Å². The first kappa shape index (κ1) is 13.0. The van der Waals surface area contributed by atoms with Gasteiger partial charge in [-0.25, -0.2) is 9.37 Å². The number of nitrogens with two attached hydrogens (primary N) is 1. The van der Waals surface area contributed by atoms with Crippen molar-refractivity contribution in [1.82, 2.24) is 15.2 Å². The lowest BCUT2D eigenvalue weighted by atomic mass is 10.1. The summed E-state index contributed by atoms with van der Waals surface area (Å²) in [5.41, 5.74) is 8.52. The first-order chi connectivity index (χ1) is 9.02. The molecule has 0 saturated carbocycles. The zero-order chi connectivity index (χ0) is 14.0. The Morgan fingerprint density at radius 3 is 2.95 bits per heavy atom. The maximum absolute atomic E-state index is 13.3. The quantitative estimate of drug-likeness (QED) is 0.831. The van der Waals surface area contributed by atoms with Gasteiger partial charge < -0.3 is 5.73 Å². The van der Waals surface area contributed by atoms with Gasteiger partial charge in [-0.1, -0.05) is 6.58 Å². The molecule has 0 aliphatic heterocycles. The number of aromatic nitrogens is 3. The smallest absolute Gasteiger partial charge is 0.181 e. The van der Waals surface area contributed by atoms with Gasteiger partial charge in [0.2, 0.25) is 0 Å². The maximum Gasteiger partial charge on any atom is 0.181 e. The molecule has 0 fully saturated rings. The van der Waals surface area contributed by atoms with Crippen LogP contribution in [0.1, 0.15) is 18.2 Å². The van der Waals surface area contributed by atoms with Crippen LogP contribution in [0.25, 0.3) is 16.6 Å². The Morgan fingerprint density at radius 1 is 1.53 bits per heavy atom. The van der Waals surface area contributed by atoms with Crippen molar-refractivity contribution < 1.29 is 4.39 Å². The molecule has 19 heavy (non-hydrogen) atoms. The number of fused-ring (bicyclic) bond motifs is 1. The molecule has 0 bridgehead atoms. The van der Waals surface area contributed by atoms with E-state index in [1.165, 1.54) is 12.2 Å². The molecule has 2 rings (SSSR count). The van der Waals surface area contributed by atoms with Crippen LogP contribution >= 0.6 is 0 Å². The highest BCUT2D eigenvalue weighted by Crippen LogP contribution is 2.23. The number of pyridine rings is 1. The van der Waals surface area contributed by atoms with Crippen molar-refractivity contribution in [3.63, 3.8) is 0 Å². The number of rotatable bonds is 3. The molecule has 3 N–H and O–H groups in total. The summed E-state index contributed by atoms with van der Waals surface area (Å²) in [7, 11) is 0. The summed E-state index contributed by atoms with van der Waals surface area (Å²) in [4.78, 5) is 4.19. The van der Waals surface area contributed by atoms with Crippen LogP contribution < -0.4 is 5.73 Å². The zero-order valence-corrected chi connectivity index (χ0v) is 10.9. The summed E-state index contributed by atoms with van der Waals surface area (Å²) >= 11 is 0. The molecule has 0 aliphatic carbocycles. The van der Waals surface area contributed by atoms with Gasteiger partial charge in [0.15, 0.2) is 5.65 Å². The summed E-state index contributed by atoms with van der Waals surface area (Å²) in [6, 6.07) is 1.95. The Morgan fingerprint density at radius 2 is 2.26 bits per heavy atom. The van der Waals surface area contributed by atoms with Gasteiger partial charge in [-0.05, 0) is 43.2 Å². The fourth-order valence-electron chi connectivity index (χ4n) is 1.74. The average Bonchev–Trinajstić information content (AvgIpc) is 2.80. The van der Waals surface area contributed by atoms with Crippen LogP contribution in [0.15, 0.2) is 42.5 Å². The van der Waals surface area contributed by atoms with Gasteiger partial charge in [0.1, 0.15) is 5.83 Å². The van der Waals surface area contributed by atoms with Crippen molar-refractivity contribution in [2.24, 2.45) is 5.73 Å². The summed E-state index contributed by atoms with van der Waals surface area (Å²) < 4.78 is 13.3. The van der Waals surface area contributed by atoms with Gasteiger partial charge >= 0.3 is 0 Å². The molecule has 0 unspecified atom stereocenters. The SMILES string of the molecule is C=C(/C=C(N)\C(F)=C/C)c1[nH]nc2ncc(C)cc12. The zero-order valence-electron chi connectivity index (χ0n) is 10.9. The van der Waals surface area contributed by atoms with E-state index in [2.05, 4.69) is 21.8 Å². The molecule has 98 valence electrons. The number of nitrogens with one attached hydrogen (secondary N) is 1. The van der Waals surface area contributed by atoms with Gasteiger partial charge in [0.25, 0.3) is 0 Å². The molecule has 0 radical (unpaired) electrons. The van der Waals surface area contributed by atoms with Gasteiger partial charge in [0, 0.05) is 11.6 Å². The standard InChI is InChI=1S/C14H15FN4/c1-4-11(15)12(16)6-9(3)13-10-5-8(2)7-17-14(10)19-18-13/h4-7H,3,16H2,1-2H3,(H,17,18,19)/b11-4+,12-6+. The second-order valence-corrected chi connectivity index (χ2v) is 4.24. The lowest BCUT2D eigenvalue weighted by molar-refractivity contribution is 0.646. The molecule has 2 aromatic rings. The molecule has 0 aromatic carbocycles. The van der Waals surface area contributed by atoms with Crippen LogP contribution in [0.5, 0.6) is 0 Å². The Bertz CT molecular complexity index is 695. The van der Waals surface area contributed by atoms with E-state index in [9.17, 15) is 4.39 Å². The molecule has 0 saturated heterocycles. The predicted molar refractivity (Wildman–Crippen MR) is 74.8 cm³/mol. The fourth-order valence-corrected chi connectivity index (χ4v) is 1.74. The molecule has 4 nitrogen and oxygen atoms in total. The highest BCUT2D eigenvalue weighted by molar-refractivity contribution is 5.90. The van der Waals surface area contributed by atoms with Crippen molar-refractivity contribution in [3.8, 4) is 0 Å². The molecular formula is C14H15FN4. The normalized spacial score (nSPS) is 13.0. The second kappa shape index (κ2) is 5.06. The van der Waals surface area contributed by atoms with Crippen molar-refractivity contribution in [1.29, 1.82) is 0 Å². The lowest BCUT2D eigenvalue weighted by Gasteiger charge is -2.01. The van der Waals surface area contributed by atoms with Crippen molar-refractivity contribution in [2.45, 2.75) is 13.8 Å². The molecule has 5 heteroatoms. The number of aromatic amines is 1. The van der Waals surface area contributed by atoms with Crippen molar-refractivity contribution in [2.75, 3.05) is 0 Å². The van der Waals surface area contributed by atoms with Crippen LogP contribution in [0.3, 0.4) is 0 Å². The summed E-state index contributed by atoms with van der Waals surface area (Å²) in [5, 5.41) is 7.77. The van der Waals surface area contributed by atoms with E-state index >= 15 is 0 Å². The number of allylic oxidation sites excluding steroid dienone is 4. The van der Waals surface area contributed by atoms with E-state index < -0.39 is 5.83 Å². The monoisotopic (exact) mass is 258 g/mol. The Hall–Kier alpha value is -2.43. The third-order valence-corrected chi connectivity index (χ3v) is 2.73. The summed E-state index contributed by atoms with van der Waals surface area (Å²) in [6.45, 7) is 7.41. The first-order valence-corrected chi connectivity index (χ1v) is 5.82. The highest BCUT2D eigenvalue weighted by Gasteiger charge is 2.09. The minimum Gasteiger partial charge on any atom is -0.396 e. The Balaban J connectivity index is 2.45. The molecule has 0 atom stereocenters. The van der Waals surface area contributed by atoms with E-state index in [1.807, 2.05) is 13.0 Å². The molecule has 0 aliphatic rings. The molecule has 0 amide bonds. The number of hydrogen-bond acceptors (Lipinski definition) is 3. The minimum absolute atomic E-state index is 0.0378. The van der Waals surface area contributed by atoms with E-state index in [0.29, 0.717) is 16.9 Å². The number of aryl methyl sites for hydroxylation is 1. The van der Waals surface area contributed by atoms with Gasteiger partial charge in [0.05, 0.1) is 11.4 Å². The van der Waals surface area contributed by atoms with Crippen LogP contribution in [0.2, 0.25) is 0 Å². The van der Waals surface area contributed by atoms with Crippen LogP contribution in [0.4, 0.5) is 4.39 Å². The third kappa shape index (κ3) is 2.54. The number of halogens is 1. The van der Waals surface area contributed by atoms with Crippen molar-refractivity contribution >= 4 is 16.6 Å². The number of hydrogen-bond donors (Lipinski definition) is 2. The molecule has 2 heterocycles. The van der Waals surface area contributed by atoms with Crippen LogP contribution in [-0.2, 0) is 0 Å². The number of H-pyrrole nitrogens is 1. The fraction of sp³-hybridized carbons (Fsp3) is 0.143. The van der Waals surface area contributed by atoms with Crippen LogP contribution in [0, 0.1) is 6.92 Å². The minimum atomic E-state index is -0.473. The molecular weight excluding hydrogens is 243 g/mol. The van der Waals surface area contributed by atoms with Crippen molar-refractivity contribution in [3.05, 3.63) is 53.8 Å². The Kier molecular flexibility index (Phi) is 3.46. The summed E-state index contributed by atoms with van der Waals surface area (Å²) in [6.07, 6.45) is 4.51. The number of nitrogens with zero attached hydrogens (tertiary/aromatic N) is 2. The summed E-state index contributed by atoms with van der Waals surface area (Å²) in [5.74, 6) is -0.473. The average molecular weight is 258 g/mol. The van der Waals surface area contributed by atoms with Gasteiger partial charge in [-0.15, -0.1) is 0 Å².